The third-order valence-electron chi connectivity index (χ3n) is 5.04. The Bertz CT molecular complexity index is 1050. The van der Waals surface area contributed by atoms with Crippen molar-refractivity contribution < 1.29 is 34.1 Å². The first-order chi connectivity index (χ1) is 15.7. The van der Waals surface area contributed by atoms with Crippen molar-refractivity contribution in [2.75, 3.05) is 0 Å². The fraction of sp³-hybridized carbons (Fsp3) is 0.400. The topological polar surface area (TPSA) is 153 Å². The van der Waals surface area contributed by atoms with Gasteiger partial charge in [0.05, 0.1) is 12.3 Å². The normalized spacial score (nSPS) is 16.4. The zero-order valence-corrected chi connectivity index (χ0v) is 18.4. The second-order valence-corrected chi connectivity index (χ2v) is 7.70. The summed E-state index contributed by atoms with van der Waals surface area (Å²) in [6.45, 7) is 3.09. The van der Waals surface area contributed by atoms with Gasteiger partial charge in [0.1, 0.15) is 18.3 Å². The maximum absolute atomic E-state index is 12.5. The largest absolute Gasteiger partial charge is 0.424 e. The molecule has 12 nitrogen and oxygen atoms in total. The standard InChI is InChI=1S/C20H20ClN3O9/c1-11-19(31-18(25)8-7-17(33-24(28)29)12(2)32-23(26)27)16-10-30-20(15(16)9-22-11)13-3-5-14(21)6-4-13/h3-6,9,12,17,20H,7-8,10H2,1-2H3/t12-,17-,20+/m1/s1. The van der Waals surface area contributed by atoms with Gasteiger partial charge in [0, 0.05) is 28.8 Å². The number of ether oxygens (including phenoxy) is 2. The Morgan fingerprint density at radius 3 is 2.55 bits per heavy atom. The average Bonchev–Trinajstić information content (AvgIpc) is 3.17. The van der Waals surface area contributed by atoms with Gasteiger partial charge in [-0.3, -0.25) is 9.78 Å². The number of pyridine rings is 1. The zero-order valence-electron chi connectivity index (χ0n) is 17.6. The summed E-state index contributed by atoms with van der Waals surface area (Å²) in [6.07, 6.45) is -1.89. The van der Waals surface area contributed by atoms with Crippen LogP contribution in [-0.4, -0.2) is 33.3 Å². The lowest BCUT2D eigenvalue weighted by atomic mass is 10.0. The average molecular weight is 482 g/mol. The molecule has 13 heteroatoms. The van der Waals surface area contributed by atoms with Gasteiger partial charge < -0.3 is 19.1 Å². The number of rotatable bonds is 10. The number of nitrogens with zero attached hydrogens (tertiary/aromatic N) is 3. The molecule has 0 N–H and O–H groups in total. The van der Waals surface area contributed by atoms with Crippen LogP contribution >= 0.6 is 11.6 Å². The maximum atomic E-state index is 12.5. The smallest absolute Gasteiger partial charge is 0.311 e. The molecular formula is C20H20ClN3O9. The molecule has 1 aliphatic heterocycles. The molecule has 0 saturated heterocycles. The van der Waals surface area contributed by atoms with Crippen molar-refractivity contribution in [2.45, 2.75) is 51.6 Å². The van der Waals surface area contributed by atoms with Gasteiger partial charge in [-0.25, -0.2) is 0 Å². The Morgan fingerprint density at radius 2 is 1.91 bits per heavy atom. The summed E-state index contributed by atoms with van der Waals surface area (Å²) in [6, 6.07) is 7.15. The lowest BCUT2D eigenvalue weighted by Crippen LogP contribution is -2.33. The number of carbonyl (C=O) groups excluding carboxylic acids is 1. The van der Waals surface area contributed by atoms with E-state index in [4.69, 9.17) is 21.1 Å². The summed E-state index contributed by atoms with van der Waals surface area (Å²) >= 11 is 5.95. The van der Waals surface area contributed by atoms with Gasteiger partial charge in [0.2, 0.25) is 0 Å². The first kappa shape index (κ1) is 24.1. The van der Waals surface area contributed by atoms with Crippen LogP contribution in [0.4, 0.5) is 0 Å². The second-order valence-electron chi connectivity index (χ2n) is 7.26. The van der Waals surface area contributed by atoms with Gasteiger partial charge in [-0.05, 0) is 38.0 Å². The van der Waals surface area contributed by atoms with Gasteiger partial charge in [-0.15, -0.1) is 20.2 Å². The summed E-state index contributed by atoms with van der Waals surface area (Å²) in [7, 11) is 0. The minimum Gasteiger partial charge on any atom is -0.424 e. The summed E-state index contributed by atoms with van der Waals surface area (Å²) in [4.78, 5) is 46.7. The van der Waals surface area contributed by atoms with Crippen molar-refractivity contribution in [3.63, 3.8) is 0 Å². The summed E-state index contributed by atoms with van der Waals surface area (Å²) in [5.41, 5.74) is 2.73. The third kappa shape index (κ3) is 6.05. The van der Waals surface area contributed by atoms with Crippen molar-refractivity contribution in [3.8, 4) is 5.75 Å². The molecule has 1 aromatic carbocycles. The quantitative estimate of drug-likeness (QED) is 0.279. The first-order valence-corrected chi connectivity index (χ1v) is 10.2. The van der Waals surface area contributed by atoms with Crippen LogP contribution in [0.5, 0.6) is 5.75 Å². The maximum Gasteiger partial charge on any atom is 0.311 e. The highest BCUT2D eigenvalue weighted by Crippen LogP contribution is 2.41. The SMILES string of the molecule is Cc1ncc2c(c1OC(=O)CC[C@@H](O[N+](=O)[O-])[C@@H](C)O[N+](=O)[O-])CO[C@H]2c1ccc(Cl)cc1. The van der Waals surface area contributed by atoms with E-state index in [-0.39, 0.29) is 25.2 Å². The minimum atomic E-state index is -1.34. The van der Waals surface area contributed by atoms with Gasteiger partial charge in [-0.1, -0.05) is 23.7 Å². The number of esters is 1. The van der Waals surface area contributed by atoms with Crippen molar-refractivity contribution >= 4 is 17.6 Å². The number of halogens is 1. The van der Waals surface area contributed by atoms with Crippen LogP contribution in [-0.2, 0) is 25.8 Å². The molecule has 0 fully saturated rings. The number of hydrogen-bond donors (Lipinski definition) is 0. The lowest BCUT2D eigenvalue weighted by molar-refractivity contribution is -0.798. The van der Waals surface area contributed by atoms with Crippen LogP contribution in [0.15, 0.2) is 30.5 Å². The molecule has 1 aliphatic rings. The molecule has 0 aliphatic carbocycles. The van der Waals surface area contributed by atoms with Crippen LogP contribution in [0.1, 0.15) is 48.3 Å². The highest BCUT2D eigenvalue weighted by atomic mass is 35.5. The van der Waals surface area contributed by atoms with Gasteiger partial charge in [0.25, 0.3) is 10.2 Å². The Morgan fingerprint density at radius 1 is 1.24 bits per heavy atom. The van der Waals surface area contributed by atoms with Crippen molar-refractivity contribution in [1.29, 1.82) is 0 Å². The van der Waals surface area contributed by atoms with Crippen LogP contribution in [0.3, 0.4) is 0 Å². The molecule has 0 saturated carbocycles. The molecule has 3 rings (SSSR count). The molecule has 0 unspecified atom stereocenters. The molecule has 176 valence electrons. The van der Waals surface area contributed by atoms with E-state index in [1.807, 2.05) is 12.1 Å². The van der Waals surface area contributed by atoms with E-state index in [0.29, 0.717) is 16.3 Å². The van der Waals surface area contributed by atoms with Gasteiger partial charge >= 0.3 is 5.97 Å². The van der Waals surface area contributed by atoms with Gasteiger partial charge in [0.15, 0.2) is 5.75 Å². The van der Waals surface area contributed by atoms with Gasteiger partial charge in [-0.2, -0.15) is 0 Å². The Balaban J connectivity index is 1.71. The number of fused-ring (bicyclic) bond motifs is 1. The molecule has 1 aromatic heterocycles. The second kappa shape index (κ2) is 10.4. The fourth-order valence-electron chi connectivity index (χ4n) is 3.44. The van der Waals surface area contributed by atoms with E-state index in [0.717, 1.165) is 11.1 Å². The number of carbonyl (C=O) groups is 1. The summed E-state index contributed by atoms with van der Waals surface area (Å²) in [5, 5.41) is 19.6. The van der Waals surface area contributed by atoms with Crippen molar-refractivity contribution in [3.05, 3.63) is 78.1 Å². The fourth-order valence-corrected chi connectivity index (χ4v) is 3.57. The molecule has 0 radical (unpaired) electrons. The summed E-state index contributed by atoms with van der Waals surface area (Å²) < 4.78 is 11.4. The van der Waals surface area contributed by atoms with Crippen molar-refractivity contribution in [2.24, 2.45) is 0 Å². The van der Waals surface area contributed by atoms with E-state index in [9.17, 15) is 25.0 Å². The highest BCUT2D eigenvalue weighted by Gasteiger charge is 2.31. The van der Waals surface area contributed by atoms with E-state index in [1.165, 1.54) is 6.92 Å². The molecule has 2 aromatic rings. The lowest BCUT2D eigenvalue weighted by Gasteiger charge is -2.20. The predicted molar refractivity (Wildman–Crippen MR) is 111 cm³/mol. The monoisotopic (exact) mass is 481 g/mol. The number of benzene rings is 1. The molecule has 0 amide bonds. The molecule has 0 bridgehead atoms. The van der Waals surface area contributed by atoms with E-state index in [1.54, 1.807) is 25.3 Å². The zero-order chi connectivity index (χ0) is 24.1. The van der Waals surface area contributed by atoms with Crippen LogP contribution < -0.4 is 4.74 Å². The summed E-state index contributed by atoms with van der Waals surface area (Å²) in [5.74, 6) is -0.469. The molecule has 33 heavy (non-hydrogen) atoms. The van der Waals surface area contributed by atoms with E-state index in [2.05, 4.69) is 14.7 Å². The predicted octanol–water partition coefficient (Wildman–Crippen LogP) is 3.52. The Labute approximate surface area is 192 Å². The van der Waals surface area contributed by atoms with Crippen LogP contribution in [0.2, 0.25) is 5.02 Å². The molecule has 3 atom stereocenters. The first-order valence-electron chi connectivity index (χ1n) is 9.84. The minimum absolute atomic E-state index is 0.190. The number of aromatic nitrogens is 1. The Kier molecular flexibility index (Phi) is 7.61. The Hall–Kier alpha value is -3.51. The van der Waals surface area contributed by atoms with E-state index < -0.39 is 34.5 Å². The van der Waals surface area contributed by atoms with Crippen LogP contribution in [0, 0.1) is 27.2 Å². The molecule has 2 heterocycles. The van der Waals surface area contributed by atoms with Crippen molar-refractivity contribution in [1.82, 2.24) is 4.98 Å². The molecule has 0 spiro atoms. The van der Waals surface area contributed by atoms with E-state index >= 15 is 0 Å². The number of hydrogen-bond acceptors (Lipinski definition) is 10. The third-order valence-corrected chi connectivity index (χ3v) is 5.30. The molecular weight excluding hydrogens is 462 g/mol. The van der Waals surface area contributed by atoms with Crippen LogP contribution in [0.25, 0.3) is 0 Å². The number of aryl methyl sites for hydroxylation is 1. The highest BCUT2D eigenvalue weighted by molar-refractivity contribution is 6.30.